The van der Waals surface area contributed by atoms with E-state index in [0.29, 0.717) is 0 Å². The van der Waals surface area contributed by atoms with Crippen LogP contribution in [-0.4, -0.2) is 32.1 Å². The maximum atomic E-state index is 3.18. The third kappa shape index (κ3) is 4.33. The molecule has 86 valence electrons. The minimum Gasteiger partial charge on any atom is -0.320 e. The van der Waals surface area contributed by atoms with Crippen LogP contribution in [-0.2, 0) is 6.54 Å². The van der Waals surface area contributed by atoms with Gasteiger partial charge >= 0.3 is 0 Å². The van der Waals surface area contributed by atoms with Crippen molar-refractivity contribution in [3.8, 4) is 0 Å². The van der Waals surface area contributed by atoms with Crippen LogP contribution in [0.25, 0.3) is 0 Å². The second-order valence-electron chi connectivity index (χ2n) is 4.13. The van der Waals surface area contributed by atoms with Crippen molar-refractivity contribution in [2.75, 3.05) is 27.2 Å². The topological polar surface area (TPSA) is 15.3 Å². The smallest absolute Gasteiger partial charge is 0.0241 e. The van der Waals surface area contributed by atoms with Crippen LogP contribution in [0.4, 0.5) is 0 Å². The van der Waals surface area contributed by atoms with Gasteiger partial charge in [0, 0.05) is 16.3 Å². The number of thiophene rings is 1. The number of aryl methyl sites for hydroxylation is 2. The number of nitrogens with zero attached hydrogens (tertiary/aromatic N) is 1. The first-order chi connectivity index (χ1) is 7.13. The number of nitrogens with one attached hydrogen (secondary N) is 1. The summed E-state index contributed by atoms with van der Waals surface area (Å²) in [6, 6.07) is 2.31. The molecule has 0 saturated carbocycles. The normalized spacial score (nSPS) is 11.3. The summed E-state index contributed by atoms with van der Waals surface area (Å²) < 4.78 is 0. The fraction of sp³-hybridized carbons (Fsp3) is 0.667. The largest absolute Gasteiger partial charge is 0.320 e. The average Bonchev–Trinajstić information content (AvgIpc) is 2.45. The van der Waals surface area contributed by atoms with Gasteiger partial charge in [-0.2, -0.15) is 0 Å². The van der Waals surface area contributed by atoms with E-state index in [4.69, 9.17) is 0 Å². The van der Waals surface area contributed by atoms with Crippen molar-refractivity contribution >= 4 is 11.3 Å². The molecule has 1 aromatic rings. The van der Waals surface area contributed by atoms with Gasteiger partial charge in [0.25, 0.3) is 0 Å². The molecule has 0 saturated heterocycles. The lowest BCUT2D eigenvalue weighted by Crippen LogP contribution is -2.22. The predicted molar refractivity (Wildman–Crippen MR) is 68.7 cm³/mol. The standard InChI is InChI=1S/C12H22N2S/c1-10-8-12(11(2)15-10)9-14(4)7-5-6-13-3/h8,13H,5-7,9H2,1-4H3. The van der Waals surface area contributed by atoms with E-state index in [1.54, 1.807) is 0 Å². The minimum absolute atomic E-state index is 1.08. The average molecular weight is 226 g/mol. The molecule has 1 rings (SSSR count). The van der Waals surface area contributed by atoms with Crippen LogP contribution in [0.3, 0.4) is 0 Å². The second-order valence-corrected chi connectivity index (χ2v) is 5.59. The molecule has 0 aliphatic carbocycles. The maximum Gasteiger partial charge on any atom is 0.0241 e. The van der Waals surface area contributed by atoms with E-state index in [1.165, 1.54) is 21.7 Å². The van der Waals surface area contributed by atoms with Gasteiger partial charge < -0.3 is 10.2 Å². The van der Waals surface area contributed by atoms with Gasteiger partial charge in [-0.3, -0.25) is 0 Å². The Morgan fingerprint density at radius 1 is 1.40 bits per heavy atom. The zero-order chi connectivity index (χ0) is 11.3. The van der Waals surface area contributed by atoms with Crippen molar-refractivity contribution in [2.45, 2.75) is 26.8 Å². The molecular weight excluding hydrogens is 204 g/mol. The summed E-state index contributed by atoms with van der Waals surface area (Å²) in [6.07, 6.45) is 1.22. The Balaban J connectivity index is 2.37. The van der Waals surface area contributed by atoms with Gasteiger partial charge in [0.15, 0.2) is 0 Å². The molecule has 0 atom stereocenters. The lowest BCUT2D eigenvalue weighted by atomic mass is 10.2. The summed E-state index contributed by atoms with van der Waals surface area (Å²) in [5.41, 5.74) is 1.49. The highest BCUT2D eigenvalue weighted by atomic mass is 32.1. The van der Waals surface area contributed by atoms with E-state index < -0.39 is 0 Å². The molecule has 1 aromatic heterocycles. The monoisotopic (exact) mass is 226 g/mol. The van der Waals surface area contributed by atoms with Crippen LogP contribution in [0.15, 0.2) is 6.07 Å². The Bertz CT molecular complexity index is 294. The molecule has 0 aliphatic heterocycles. The van der Waals surface area contributed by atoms with E-state index in [9.17, 15) is 0 Å². The Kier molecular flexibility index (Phi) is 5.29. The highest BCUT2D eigenvalue weighted by Crippen LogP contribution is 2.21. The van der Waals surface area contributed by atoms with E-state index in [1.807, 2.05) is 18.4 Å². The summed E-state index contributed by atoms with van der Waals surface area (Å²) in [6.45, 7) is 7.75. The molecule has 2 nitrogen and oxygen atoms in total. The summed E-state index contributed by atoms with van der Waals surface area (Å²) >= 11 is 1.90. The molecule has 0 fully saturated rings. The highest BCUT2D eigenvalue weighted by Gasteiger charge is 2.05. The van der Waals surface area contributed by atoms with Gasteiger partial charge in [-0.05, 0) is 59.1 Å². The summed E-state index contributed by atoms with van der Waals surface area (Å²) in [4.78, 5) is 5.28. The summed E-state index contributed by atoms with van der Waals surface area (Å²) in [7, 11) is 4.20. The van der Waals surface area contributed by atoms with Crippen LogP contribution in [0.5, 0.6) is 0 Å². The molecule has 1 heterocycles. The molecule has 0 aliphatic rings. The first-order valence-corrected chi connectivity index (χ1v) is 6.34. The third-order valence-corrected chi connectivity index (χ3v) is 3.56. The molecular formula is C12H22N2S. The van der Waals surface area contributed by atoms with Crippen molar-refractivity contribution in [2.24, 2.45) is 0 Å². The molecule has 0 radical (unpaired) electrons. The molecule has 1 N–H and O–H groups in total. The van der Waals surface area contributed by atoms with Gasteiger partial charge in [0.1, 0.15) is 0 Å². The lowest BCUT2D eigenvalue weighted by molar-refractivity contribution is 0.321. The van der Waals surface area contributed by atoms with Gasteiger partial charge in [-0.1, -0.05) is 0 Å². The molecule has 0 aromatic carbocycles. The lowest BCUT2D eigenvalue weighted by Gasteiger charge is -2.16. The number of rotatable bonds is 6. The van der Waals surface area contributed by atoms with Gasteiger partial charge in [-0.25, -0.2) is 0 Å². The van der Waals surface area contributed by atoms with Gasteiger partial charge in [0.2, 0.25) is 0 Å². The first kappa shape index (κ1) is 12.7. The van der Waals surface area contributed by atoms with E-state index in [-0.39, 0.29) is 0 Å². The fourth-order valence-corrected chi connectivity index (χ4v) is 2.67. The Morgan fingerprint density at radius 2 is 2.13 bits per heavy atom. The zero-order valence-corrected chi connectivity index (χ0v) is 11.1. The molecule has 0 unspecified atom stereocenters. The zero-order valence-electron chi connectivity index (χ0n) is 10.3. The van der Waals surface area contributed by atoms with Crippen molar-refractivity contribution in [1.82, 2.24) is 10.2 Å². The third-order valence-electron chi connectivity index (χ3n) is 2.55. The Hall–Kier alpha value is -0.380. The first-order valence-electron chi connectivity index (χ1n) is 5.52. The van der Waals surface area contributed by atoms with Gasteiger partial charge in [-0.15, -0.1) is 11.3 Å². The van der Waals surface area contributed by atoms with E-state index in [2.05, 4.69) is 37.2 Å². The van der Waals surface area contributed by atoms with Crippen molar-refractivity contribution in [3.63, 3.8) is 0 Å². The number of hydrogen-bond donors (Lipinski definition) is 1. The molecule has 3 heteroatoms. The number of hydrogen-bond acceptors (Lipinski definition) is 3. The predicted octanol–water partition coefficient (Wildman–Crippen LogP) is 2.41. The maximum absolute atomic E-state index is 3.18. The van der Waals surface area contributed by atoms with Crippen LogP contribution in [0.1, 0.15) is 21.7 Å². The van der Waals surface area contributed by atoms with Gasteiger partial charge in [0.05, 0.1) is 0 Å². The van der Waals surface area contributed by atoms with Crippen molar-refractivity contribution < 1.29 is 0 Å². The van der Waals surface area contributed by atoms with Crippen molar-refractivity contribution in [3.05, 3.63) is 21.4 Å². The Morgan fingerprint density at radius 3 is 2.67 bits per heavy atom. The minimum atomic E-state index is 1.08. The second kappa shape index (κ2) is 6.26. The fourth-order valence-electron chi connectivity index (χ4n) is 1.74. The highest BCUT2D eigenvalue weighted by molar-refractivity contribution is 7.12. The van der Waals surface area contributed by atoms with Crippen LogP contribution >= 0.6 is 11.3 Å². The summed E-state index contributed by atoms with van der Waals surface area (Å²) in [5, 5.41) is 3.18. The van der Waals surface area contributed by atoms with Crippen molar-refractivity contribution in [1.29, 1.82) is 0 Å². The van der Waals surface area contributed by atoms with Crippen LogP contribution < -0.4 is 5.32 Å². The molecule has 0 amide bonds. The molecule has 15 heavy (non-hydrogen) atoms. The van der Waals surface area contributed by atoms with Crippen LogP contribution in [0.2, 0.25) is 0 Å². The molecule has 0 spiro atoms. The quantitative estimate of drug-likeness (QED) is 0.749. The van der Waals surface area contributed by atoms with E-state index >= 15 is 0 Å². The molecule has 0 bridgehead atoms. The Labute approximate surface area is 97.3 Å². The van der Waals surface area contributed by atoms with Crippen LogP contribution in [0, 0.1) is 13.8 Å². The summed E-state index contributed by atoms with van der Waals surface area (Å²) in [5.74, 6) is 0. The SMILES string of the molecule is CNCCCN(C)Cc1cc(C)sc1C. The van der Waals surface area contributed by atoms with E-state index in [0.717, 1.165) is 19.6 Å².